The molecule has 0 amide bonds. The average Bonchev–Trinajstić information content (AvgIpc) is 2.56. The minimum Gasteiger partial charge on any atom is -0.368 e. The normalized spacial score (nSPS) is 10.4. The molecular weight excluding hydrogens is 185 g/mol. The van der Waals surface area contributed by atoms with Crippen molar-refractivity contribution in [3.63, 3.8) is 0 Å². The number of rotatable bonds is 1. The summed E-state index contributed by atoms with van der Waals surface area (Å²) in [5.41, 5.74) is 6.11. The molecule has 0 aromatic carbocycles. The van der Waals surface area contributed by atoms with Gasteiger partial charge in [0.1, 0.15) is 5.69 Å². The predicted octanol–water partition coefficient (Wildman–Crippen LogP) is 0.598. The van der Waals surface area contributed by atoms with Gasteiger partial charge >= 0.3 is 0 Å². The number of hydrogen-bond donors (Lipinski definition) is 1. The fourth-order valence-electron chi connectivity index (χ4n) is 1.13. The van der Waals surface area contributed by atoms with E-state index in [1.165, 1.54) is 6.20 Å². The van der Waals surface area contributed by atoms with Crippen molar-refractivity contribution >= 4 is 5.95 Å². The molecule has 0 spiro atoms. The highest BCUT2D eigenvalue weighted by Gasteiger charge is 2.09. The van der Waals surface area contributed by atoms with Crippen molar-refractivity contribution in [2.75, 3.05) is 5.73 Å². The van der Waals surface area contributed by atoms with Crippen molar-refractivity contribution in [2.45, 2.75) is 0 Å². The Morgan fingerprint density at radius 1 is 1.43 bits per heavy atom. The number of aryl methyl sites for hydroxylation is 1. The Kier molecular flexibility index (Phi) is 1.88. The van der Waals surface area contributed by atoms with E-state index >= 15 is 0 Å². The first kappa shape index (κ1) is 8.61. The Morgan fingerprint density at radius 2 is 2.21 bits per heavy atom. The highest BCUT2D eigenvalue weighted by atomic mass is 19.1. The van der Waals surface area contributed by atoms with Crippen LogP contribution in [0.1, 0.15) is 0 Å². The van der Waals surface area contributed by atoms with Gasteiger partial charge in [0.05, 0.1) is 12.4 Å². The number of aromatic nitrogens is 4. The average molecular weight is 193 g/mol. The van der Waals surface area contributed by atoms with E-state index in [9.17, 15) is 4.39 Å². The van der Waals surface area contributed by atoms with Gasteiger partial charge in [0.15, 0.2) is 5.82 Å². The third-order valence-corrected chi connectivity index (χ3v) is 1.74. The molecule has 0 aliphatic rings. The fourth-order valence-corrected chi connectivity index (χ4v) is 1.13. The largest absolute Gasteiger partial charge is 0.368 e. The lowest BCUT2D eigenvalue weighted by molar-refractivity contribution is 0.619. The van der Waals surface area contributed by atoms with Crippen molar-refractivity contribution in [3.8, 4) is 11.3 Å². The monoisotopic (exact) mass is 193 g/mol. The van der Waals surface area contributed by atoms with Crippen LogP contribution in [0.25, 0.3) is 11.3 Å². The van der Waals surface area contributed by atoms with Gasteiger partial charge in [0, 0.05) is 18.8 Å². The van der Waals surface area contributed by atoms with Crippen LogP contribution in [0.2, 0.25) is 0 Å². The second-order valence-corrected chi connectivity index (χ2v) is 2.83. The van der Waals surface area contributed by atoms with Gasteiger partial charge in [-0.1, -0.05) is 0 Å². The van der Waals surface area contributed by atoms with Crippen molar-refractivity contribution in [2.24, 2.45) is 7.05 Å². The summed E-state index contributed by atoms with van der Waals surface area (Å²) in [6.45, 7) is 0. The quantitative estimate of drug-likeness (QED) is 0.719. The second-order valence-electron chi connectivity index (χ2n) is 2.83. The second kappa shape index (κ2) is 3.06. The van der Waals surface area contributed by atoms with E-state index in [1.54, 1.807) is 17.9 Å². The van der Waals surface area contributed by atoms with Crippen molar-refractivity contribution in [3.05, 3.63) is 24.4 Å². The van der Waals surface area contributed by atoms with Gasteiger partial charge in [-0.15, -0.1) is 0 Å². The zero-order valence-corrected chi connectivity index (χ0v) is 7.48. The van der Waals surface area contributed by atoms with Gasteiger partial charge in [0.2, 0.25) is 5.95 Å². The van der Waals surface area contributed by atoms with E-state index in [0.29, 0.717) is 5.56 Å². The summed E-state index contributed by atoms with van der Waals surface area (Å²) in [6.07, 6.45) is 4.22. The number of hydrogen-bond acceptors (Lipinski definition) is 4. The Bertz CT molecular complexity index is 465. The zero-order valence-electron chi connectivity index (χ0n) is 7.48. The van der Waals surface area contributed by atoms with E-state index in [1.807, 2.05) is 0 Å². The van der Waals surface area contributed by atoms with E-state index in [0.717, 1.165) is 6.20 Å². The zero-order chi connectivity index (χ0) is 10.1. The van der Waals surface area contributed by atoms with Crippen LogP contribution in [-0.4, -0.2) is 19.7 Å². The predicted molar refractivity (Wildman–Crippen MR) is 48.6 cm³/mol. The highest BCUT2D eigenvalue weighted by Crippen LogP contribution is 2.19. The molecule has 6 heteroatoms. The van der Waals surface area contributed by atoms with Crippen LogP contribution >= 0.6 is 0 Å². The number of anilines is 1. The summed E-state index contributed by atoms with van der Waals surface area (Å²) >= 11 is 0. The van der Waals surface area contributed by atoms with Crippen LogP contribution in [0.3, 0.4) is 0 Å². The maximum atomic E-state index is 13.2. The number of nitrogens with two attached hydrogens (primary N) is 1. The smallest absolute Gasteiger partial charge is 0.220 e. The molecule has 0 saturated heterocycles. The van der Waals surface area contributed by atoms with Gasteiger partial charge in [-0.2, -0.15) is 5.10 Å². The molecule has 0 bridgehead atoms. The first-order chi connectivity index (χ1) is 6.66. The van der Waals surface area contributed by atoms with Crippen molar-refractivity contribution in [1.82, 2.24) is 19.7 Å². The lowest BCUT2D eigenvalue weighted by Crippen LogP contribution is -1.98. The topological polar surface area (TPSA) is 69.6 Å². The number of nitrogen functional groups attached to an aromatic ring is 1. The molecule has 2 aromatic heterocycles. The van der Waals surface area contributed by atoms with E-state index < -0.39 is 5.82 Å². The van der Waals surface area contributed by atoms with E-state index in [2.05, 4.69) is 15.1 Å². The van der Waals surface area contributed by atoms with Crippen LogP contribution in [-0.2, 0) is 7.05 Å². The molecule has 72 valence electrons. The molecule has 0 atom stereocenters. The van der Waals surface area contributed by atoms with Crippen LogP contribution < -0.4 is 5.73 Å². The minimum absolute atomic E-state index is 0.0465. The third-order valence-electron chi connectivity index (χ3n) is 1.74. The lowest BCUT2D eigenvalue weighted by atomic mass is 10.2. The molecule has 2 heterocycles. The van der Waals surface area contributed by atoms with E-state index in [-0.39, 0.29) is 11.6 Å². The standard InChI is InChI=1S/C8H8FN5/c1-14-4-5(2-12-14)7-6(9)3-11-8(10)13-7/h2-4H,1H3,(H2,10,11,13). The summed E-state index contributed by atoms with van der Waals surface area (Å²) < 4.78 is 14.8. The fraction of sp³-hybridized carbons (Fsp3) is 0.125. The lowest BCUT2D eigenvalue weighted by Gasteiger charge is -1.98. The Hall–Kier alpha value is -1.98. The molecule has 0 radical (unpaired) electrons. The van der Waals surface area contributed by atoms with Gasteiger partial charge in [-0.3, -0.25) is 4.68 Å². The first-order valence-corrected chi connectivity index (χ1v) is 3.94. The summed E-state index contributed by atoms with van der Waals surface area (Å²) in [5.74, 6) is -0.461. The molecule has 0 unspecified atom stereocenters. The Balaban J connectivity index is 2.55. The first-order valence-electron chi connectivity index (χ1n) is 3.94. The van der Waals surface area contributed by atoms with Gasteiger partial charge in [-0.25, -0.2) is 14.4 Å². The van der Waals surface area contributed by atoms with E-state index in [4.69, 9.17) is 5.73 Å². The molecule has 2 aromatic rings. The molecule has 2 rings (SSSR count). The Morgan fingerprint density at radius 3 is 2.86 bits per heavy atom. The molecule has 0 saturated carbocycles. The van der Waals surface area contributed by atoms with Gasteiger partial charge in [0.25, 0.3) is 0 Å². The van der Waals surface area contributed by atoms with Crippen molar-refractivity contribution < 1.29 is 4.39 Å². The van der Waals surface area contributed by atoms with Crippen LogP contribution in [0.4, 0.5) is 10.3 Å². The summed E-state index contributed by atoms with van der Waals surface area (Å²) in [4.78, 5) is 7.33. The van der Waals surface area contributed by atoms with Crippen LogP contribution in [0.5, 0.6) is 0 Å². The van der Waals surface area contributed by atoms with Crippen molar-refractivity contribution in [1.29, 1.82) is 0 Å². The number of nitrogens with zero attached hydrogens (tertiary/aromatic N) is 4. The van der Waals surface area contributed by atoms with Gasteiger partial charge < -0.3 is 5.73 Å². The SMILES string of the molecule is Cn1cc(-c2nc(N)ncc2F)cn1. The molecule has 0 aliphatic heterocycles. The molecular formula is C8H8FN5. The minimum atomic E-state index is -0.507. The summed E-state index contributed by atoms with van der Waals surface area (Å²) in [6, 6.07) is 0. The van der Waals surface area contributed by atoms with Gasteiger partial charge in [-0.05, 0) is 0 Å². The maximum Gasteiger partial charge on any atom is 0.220 e. The number of halogens is 1. The van der Waals surface area contributed by atoms with Crippen LogP contribution in [0.15, 0.2) is 18.6 Å². The highest BCUT2D eigenvalue weighted by molar-refractivity contribution is 5.58. The molecule has 2 N–H and O–H groups in total. The molecule has 5 nitrogen and oxygen atoms in total. The van der Waals surface area contributed by atoms with Crippen LogP contribution in [0, 0.1) is 5.82 Å². The Labute approximate surface area is 79.4 Å². The third kappa shape index (κ3) is 1.41. The summed E-state index contributed by atoms with van der Waals surface area (Å²) in [7, 11) is 1.74. The summed E-state index contributed by atoms with van der Waals surface area (Å²) in [5, 5.41) is 3.91. The molecule has 14 heavy (non-hydrogen) atoms. The molecule has 0 aliphatic carbocycles. The molecule has 0 fully saturated rings. The maximum absolute atomic E-state index is 13.2.